The summed E-state index contributed by atoms with van der Waals surface area (Å²) in [5.41, 5.74) is 0.271. The molecule has 0 amide bonds. The third kappa shape index (κ3) is 11.9. The third-order valence-electron chi connectivity index (χ3n) is 4.74. The maximum absolute atomic E-state index is 11.8. The summed E-state index contributed by atoms with van der Waals surface area (Å²) in [7, 11) is -1.79. The largest absolute Gasteiger partial charge is 0.478 e. The van der Waals surface area contributed by atoms with E-state index in [1.165, 1.54) is 0 Å². The van der Waals surface area contributed by atoms with Crippen LogP contribution < -0.4 is 10.4 Å². The Morgan fingerprint density at radius 2 is 1.21 bits per heavy atom. The molecule has 0 fully saturated rings. The van der Waals surface area contributed by atoms with Gasteiger partial charge in [0.2, 0.25) is 6.29 Å². The van der Waals surface area contributed by atoms with Gasteiger partial charge >= 0.3 is 5.97 Å². The second kappa shape index (κ2) is 15.8. The van der Waals surface area contributed by atoms with E-state index in [2.05, 4.69) is 20.8 Å². The van der Waals surface area contributed by atoms with Gasteiger partial charge in [-0.2, -0.15) is 0 Å². The Morgan fingerprint density at radius 3 is 1.65 bits per heavy atom. The highest BCUT2D eigenvalue weighted by atomic mass is 28.3. The smallest absolute Gasteiger partial charge is 0.360 e. The Balaban J connectivity index is 1.67. The van der Waals surface area contributed by atoms with Crippen molar-refractivity contribution < 1.29 is 33.3 Å². The number of hydrogen-bond donors (Lipinski definition) is 1. The van der Waals surface area contributed by atoms with E-state index < -0.39 is 21.3 Å². The quantitative estimate of drug-likeness (QED) is 0.208. The van der Waals surface area contributed by atoms with Crippen molar-refractivity contribution in [2.24, 2.45) is 5.41 Å². The number of rotatable bonds is 17. The number of carbonyl (C=O) groups is 1. The summed E-state index contributed by atoms with van der Waals surface area (Å²) in [6, 6.07) is 19.3. The van der Waals surface area contributed by atoms with E-state index in [0.29, 0.717) is 26.4 Å². The SMILES string of the molecule is CC(C)(C)CCOCCOCCOCCOC(O[Si](c1ccccc1)c1ccccc1)C(=O)O. The predicted molar refractivity (Wildman–Crippen MR) is 133 cm³/mol. The monoisotopic (exact) mass is 489 g/mol. The maximum atomic E-state index is 11.8. The average molecular weight is 490 g/mol. The Hall–Kier alpha value is -2.07. The van der Waals surface area contributed by atoms with Crippen LogP contribution in [-0.4, -0.2) is 72.7 Å². The van der Waals surface area contributed by atoms with Crippen LogP contribution in [0.3, 0.4) is 0 Å². The first-order valence-corrected chi connectivity index (χ1v) is 13.0. The lowest BCUT2D eigenvalue weighted by molar-refractivity contribution is -0.173. The van der Waals surface area contributed by atoms with Gasteiger partial charge in [-0.05, 0) is 22.2 Å². The summed E-state index contributed by atoms with van der Waals surface area (Å²) in [6.07, 6.45) is -0.365. The van der Waals surface area contributed by atoms with Crippen molar-refractivity contribution in [3.8, 4) is 0 Å². The summed E-state index contributed by atoms with van der Waals surface area (Å²) in [5, 5.41) is 11.5. The number of benzene rings is 2. The highest BCUT2D eigenvalue weighted by Gasteiger charge is 2.28. The molecule has 2 aromatic carbocycles. The van der Waals surface area contributed by atoms with E-state index in [9.17, 15) is 9.90 Å². The first-order chi connectivity index (χ1) is 16.4. The summed E-state index contributed by atoms with van der Waals surface area (Å²) in [6.45, 7) is 9.55. The van der Waals surface area contributed by atoms with Gasteiger partial charge in [0.25, 0.3) is 9.04 Å². The van der Waals surface area contributed by atoms with Crippen molar-refractivity contribution in [3.63, 3.8) is 0 Å². The van der Waals surface area contributed by atoms with Crippen LogP contribution in [0.25, 0.3) is 0 Å². The molecule has 1 atom stereocenters. The Morgan fingerprint density at radius 1 is 0.765 bits per heavy atom. The van der Waals surface area contributed by atoms with Gasteiger partial charge < -0.3 is 28.5 Å². The number of ether oxygens (including phenoxy) is 4. The molecule has 0 aliphatic carbocycles. The molecule has 187 valence electrons. The molecule has 1 unspecified atom stereocenters. The zero-order chi connectivity index (χ0) is 24.7. The second-order valence-corrected chi connectivity index (χ2v) is 10.9. The molecule has 0 bridgehead atoms. The summed E-state index contributed by atoms with van der Waals surface area (Å²) in [5.74, 6) is -1.16. The molecule has 7 nitrogen and oxygen atoms in total. The van der Waals surface area contributed by atoms with Gasteiger partial charge in [0.1, 0.15) is 0 Å². The molecule has 2 rings (SSSR count). The molecule has 2 aromatic rings. The van der Waals surface area contributed by atoms with E-state index >= 15 is 0 Å². The fourth-order valence-corrected chi connectivity index (χ4v) is 4.86. The van der Waals surface area contributed by atoms with E-state index in [1.54, 1.807) is 0 Å². The maximum Gasteiger partial charge on any atom is 0.360 e. The van der Waals surface area contributed by atoms with Gasteiger partial charge in [0.15, 0.2) is 0 Å². The van der Waals surface area contributed by atoms with Crippen molar-refractivity contribution in [1.29, 1.82) is 0 Å². The third-order valence-corrected chi connectivity index (χ3v) is 6.90. The first-order valence-electron chi connectivity index (χ1n) is 11.6. The predicted octanol–water partition coefficient (Wildman–Crippen LogP) is 2.72. The highest BCUT2D eigenvalue weighted by molar-refractivity contribution is 6.80. The zero-order valence-electron chi connectivity index (χ0n) is 20.4. The fourth-order valence-electron chi connectivity index (χ4n) is 2.88. The van der Waals surface area contributed by atoms with Crippen LogP contribution in [0.5, 0.6) is 0 Å². The minimum Gasteiger partial charge on any atom is -0.478 e. The Labute approximate surface area is 204 Å². The van der Waals surface area contributed by atoms with Crippen LogP contribution in [0.2, 0.25) is 0 Å². The molecule has 1 N–H and O–H groups in total. The van der Waals surface area contributed by atoms with Crippen molar-refractivity contribution in [3.05, 3.63) is 60.7 Å². The van der Waals surface area contributed by atoms with Crippen LogP contribution in [0.1, 0.15) is 27.2 Å². The lowest BCUT2D eigenvalue weighted by atomic mass is 9.93. The molecular weight excluding hydrogens is 452 g/mol. The number of aliphatic carboxylic acids is 1. The molecule has 0 spiro atoms. The summed E-state index contributed by atoms with van der Waals surface area (Å²) in [4.78, 5) is 11.8. The number of carboxylic acids is 1. The van der Waals surface area contributed by atoms with Gasteiger partial charge in [0.05, 0.1) is 39.6 Å². The highest BCUT2D eigenvalue weighted by Crippen LogP contribution is 2.17. The zero-order valence-corrected chi connectivity index (χ0v) is 21.4. The Bertz CT molecular complexity index is 756. The molecule has 8 heteroatoms. The van der Waals surface area contributed by atoms with Crippen molar-refractivity contribution in [1.82, 2.24) is 0 Å². The van der Waals surface area contributed by atoms with Crippen LogP contribution >= 0.6 is 0 Å². The van der Waals surface area contributed by atoms with E-state index in [4.69, 9.17) is 23.4 Å². The Kier molecular flexibility index (Phi) is 13.1. The van der Waals surface area contributed by atoms with Gasteiger partial charge in [0, 0.05) is 6.61 Å². The standard InChI is InChI=1S/C26H37O7Si/c1-26(2,3)14-15-29-16-17-30-18-19-31-20-21-32-25(24(27)28)33-34(22-10-6-4-7-11-22)23-12-8-5-9-13-23/h4-13,25H,14-21H2,1-3H3,(H,27,28). The number of hydrogen-bond acceptors (Lipinski definition) is 6. The molecule has 34 heavy (non-hydrogen) atoms. The van der Waals surface area contributed by atoms with Crippen LogP contribution in [-0.2, 0) is 28.2 Å². The topological polar surface area (TPSA) is 83.5 Å². The second-order valence-electron chi connectivity index (χ2n) is 8.87. The van der Waals surface area contributed by atoms with Crippen LogP contribution in [0, 0.1) is 5.41 Å². The first kappa shape index (κ1) is 28.2. The van der Waals surface area contributed by atoms with Gasteiger partial charge in [-0.3, -0.25) is 0 Å². The van der Waals surface area contributed by atoms with Gasteiger partial charge in [-0.25, -0.2) is 4.79 Å². The number of carboxylic acid groups (broad SMARTS) is 1. The lowest BCUT2D eigenvalue weighted by Gasteiger charge is -2.21. The molecule has 0 heterocycles. The van der Waals surface area contributed by atoms with E-state index in [1.807, 2.05) is 60.7 Å². The molecule has 0 saturated heterocycles. The van der Waals surface area contributed by atoms with Crippen molar-refractivity contribution in [2.75, 3.05) is 46.2 Å². The van der Waals surface area contributed by atoms with E-state index in [-0.39, 0.29) is 18.6 Å². The lowest BCUT2D eigenvalue weighted by Crippen LogP contribution is -2.49. The van der Waals surface area contributed by atoms with Gasteiger partial charge in [-0.1, -0.05) is 81.4 Å². The fraction of sp³-hybridized carbons (Fsp3) is 0.500. The van der Waals surface area contributed by atoms with E-state index in [0.717, 1.165) is 23.4 Å². The molecule has 0 aliphatic rings. The minimum absolute atomic E-state index is 0.103. The summed E-state index contributed by atoms with van der Waals surface area (Å²) >= 11 is 0. The molecular formula is C26H37O7Si. The molecule has 0 aromatic heterocycles. The average Bonchev–Trinajstić information content (AvgIpc) is 2.82. The molecule has 0 aliphatic heterocycles. The van der Waals surface area contributed by atoms with Gasteiger partial charge in [-0.15, -0.1) is 0 Å². The van der Waals surface area contributed by atoms with Crippen LogP contribution in [0.4, 0.5) is 0 Å². The summed E-state index contributed by atoms with van der Waals surface area (Å²) < 4.78 is 28.0. The molecule has 1 radical (unpaired) electrons. The normalized spacial score (nSPS) is 12.7. The van der Waals surface area contributed by atoms with Crippen molar-refractivity contribution in [2.45, 2.75) is 33.5 Å². The van der Waals surface area contributed by atoms with Crippen LogP contribution in [0.15, 0.2) is 60.7 Å². The minimum atomic E-state index is -1.79. The molecule has 0 saturated carbocycles. The van der Waals surface area contributed by atoms with Crippen molar-refractivity contribution >= 4 is 25.4 Å².